The summed E-state index contributed by atoms with van der Waals surface area (Å²) in [5, 5.41) is 2.08. The second-order valence-electron chi connectivity index (χ2n) is 3.48. The van der Waals surface area contributed by atoms with Gasteiger partial charge in [0.1, 0.15) is 6.10 Å². The fraction of sp³-hybridized carbons (Fsp3) is 0.583. The van der Waals surface area contributed by atoms with E-state index in [2.05, 4.69) is 31.4 Å². The molecule has 0 amide bonds. The van der Waals surface area contributed by atoms with Crippen molar-refractivity contribution in [2.45, 2.75) is 39.2 Å². The molecular formula is C12H18OS3. The summed E-state index contributed by atoms with van der Waals surface area (Å²) >= 11 is 8.62. The zero-order chi connectivity index (χ0) is 11.8. The van der Waals surface area contributed by atoms with Crippen LogP contribution < -0.4 is 0 Å². The molecule has 1 aromatic heterocycles. The SMILES string of the molecule is CCCCSC(=S)OC(CC)c1cccs1. The molecule has 0 radical (unpaired) electrons. The lowest BCUT2D eigenvalue weighted by atomic mass is 10.2. The van der Waals surface area contributed by atoms with Crippen molar-refractivity contribution in [2.24, 2.45) is 0 Å². The molecule has 0 N–H and O–H groups in total. The first-order chi connectivity index (χ1) is 7.77. The van der Waals surface area contributed by atoms with Crippen LogP contribution in [-0.2, 0) is 4.74 Å². The van der Waals surface area contributed by atoms with Gasteiger partial charge < -0.3 is 4.74 Å². The van der Waals surface area contributed by atoms with E-state index in [1.807, 2.05) is 0 Å². The summed E-state index contributed by atoms with van der Waals surface area (Å²) in [6, 6.07) is 4.16. The van der Waals surface area contributed by atoms with Crippen molar-refractivity contribution in [3.05, 3.63) is 22.4 Å². The third kappa shape index (κ3) is 4.85. The smallest absolute Gasteiger partial charge is 0.220 e. The van der Waals surface area contributed by atoms with Gasteiger partial charge in [-0.05, 0) is 36.5 Å². The Labute approximate surface area is 112 Å². The predicted molar refractivity (Wildman–Crippen MR) is 78.4 cm³/mol. The summed E-state index contributed by atoms with van der Waals surface area (Å²) in [4.78, 5) is 1.26. The molecular weight excluding hydrogens is 256 g/mol. The van der Waals surface area contributed by atoms with Gasteiger partial charge in [0, 0.05) is 10.6 Å². The van der Waals surface area contributed by atoms with E-state index < -0.39 is 0 Å². The number of thioether (sulfide) groups is 1. The third-order valence-corrected chi connectivity index (χ3v) is 4.43. The monoisotopic (exact) mass is 274 g/mol. The molecule has 16 heavy (non-hydrogen) atoms. The maximum atomic E-state index is 5.80. The normalized spacial score (nSPS) is 12.4. The Kier molecular flexibility index (Phi) is 7.08. The van der Waals surface area contributed by atoms with Crippen LogP contribution in [0, 0.1) is 0 Å². The number of thiophene rings is 1. The molecule has 0 spiro atoms. The summed E-state index contributed by atoms with van der Waals surface area (Å²) in [7, 11) is 0. The molecule has 1 unspecified atom stereocenters. The van der Waals surface area contributed by atoms with Crippen LogP contribution in [-0.4, -0.2) is 10.1 Å². The van der Waals surface area contributed by atoms with Gasteiger partial charge in [-0.2, -0.15) is 0 Å². The Morgan fingerprint density at radius 1 is 1.56 bits per heavy atom. The van der Waals surface area contributed by atoms with E-state index in [1.54, 1.807) is 23.1 Å². The zero-order valence-corrected chi connectivity index (χ0v) is 12.2. The average Bonchev–Trinajstić information content (AvgIpc) is 2.79. The van der Waals surface area contributed by atoms with Crippen LogP contribution in [0.2, 0.25) is 0 Å². The lowest BCUT2D eigenvalue weighted by molar-refractivity contribution is 0.204. The van der Waals surface area contributed by atoms with Crippen LogP contribution in [0.3, 0.4) is 0 Å². The van der Waals surface area contributed by atoms with Gasteiger partial charge in [-0.15, -0.1) is 11.3 Å². The van der Waals surface area contributed by atoms with Gasteiger partial charge in [0.2, 0.25) is 4.38 Å². The van der Waals surface area contributed by atoms with Crippen molar-refractivity contribution in [3.8, 4) is 0 Å². The molecule has 90 valence electrons. The number of unbranched alkanes of at least 4 members (excludes halogenated alkanes) is 1. The first kappa shape index (κ1) is 14.0. The quantitative estimate of drug-likeness (QED) is 0.531. The summed E-state index contributed by atoms with van der Waals surface area (Å²) in [6.07, 6.45) is 3.51. The molecule has 1 aromatic rings. The van der Waals surface area contributed by atoms with E-state index in [1.165, 1.54) is 17.7 Å². The topological polar surface area (TPSA) is 9.23 Å². The van der Waals surface area contributed by atoms with E-state index in [9.17, 15) is 0 Å². The van der Waals surface area contributed by atoms with Gasteiger partial charge in [-0.3, -0.25) is 0 Å². The Balaban J connectivity index is 2.36. The van der Waals surface area contributed by atoms with Crippen molar-refractivity contribution < 1.29 is 4.74 Å². The number of hydrogen-bond donors (Lipinski definition) is 0. The van der Waals surface area contributed by atoms with Crippen LogP contribution in [0.5, 0.6) is 0 Å². The summed E-state index contributed by atoms with van der Waals surface area (Å²) in [6.45, 7) is 4.31. The lowest BCUT2D eigenvalue weighted by Gasteiger charge is -2.16. The molecule has 0 fully saturated rings. The highest BCUT2D eigenvalue weighted by atomic mass is 32.2. The molecule has 4 heteroatoms. The molecule has 0 aliphatic heterocycles. The van der Waals surface area contributed by atoms with Crippen LogP contribution in [0.15, 0.2) is 17.5 Å². The molecule has 0 aliphatic rings. The predicted octanol–water partition coefficient (Wildman–Crippen LogP) is 5.03. The number of ether oxygens (including phenoxy) is 1. The standard InChI is InChI=1S/C12H18OS3/c1-3-5-8-16-12(14)13-10(4-2)11-7-6-9-15-11/h6-7,9-10H,3-5,8H2,1-2H3. The van der Waals surface area contributed by atoms with E-state index in [-0.39, 0.29) is 6.10 Å². The molecule has 0 aromatic carbocycles. The van der Waals surface area contributed by atoms with Crippen molar-refractivity contribution in [2.75, 3.05) is 5.75 Å². The Hall–Kier alpha value is -0.0600. The maximum absolute atomic E-state index is 5.80. The third-order valence-electron chi connectivity index (χ3n) is 2.19. The van der Waals surface area contributed by atoms with Crippen LogP contribution in [0.25, 0.3) is 0 Å². The van der Waals surface area contributed by atoms with Crippen LogP contribution in [0.4, 0.5) is 0 Å². The minimum absolute atomic E-state index is 0.140. The molecule has 1 rings (SSSR count). The molecule has 0 saturated heterocycles. The fourth-order valence-corrected chi connectivity index (χ4v) is 3.26. The molecule has 1 atom stereocenters. The summed E-state index contributed by atoms with van der Waals surface area (Å²) in [5.41, 5.74) is 0. The van der Waals surface area contributed by atoms with Crippen molar-refractivity contribution >= 4 is 39.7 Å². The van der Waals surface area contributed by atoms with Crippen LogP contribution in [0.1, 0.15) is 44.1 Å². The molecule has 0 saturated carbocycles. The Morgan fingerprint density at radius 3 is 2.94 bits per heavy atom. The highest BCUT2D eigenvalue weighted by molar-refractivity contribution is 8.22. The van der Waals surface area contributed by atoms with Crippen molar-refractivity contribution in [1.29, 1.82) is 0 Å². The highest BCUT2D eigenvalue weighted by Gasteiger charge is 2.13. The molecule has 1 nitrogen and oxygen atoms in total. The first-order valence-electron chi connectivity index (χ1n) is 5.64. The largest absolute Gasteiger partial charge is 0.470 e. The van der Waals surface area contributed by atoms with Gasteiger partial charge in [-0.1, -0.05) is 38.1 Å². The van der Waals surface area contributed by atoms with E-state index in [0.29, 0.717) is 4.38 Å². The summed E-state index contributed by atoms with van der Waals surface area (Å²) in [5.74, 6) is 1.07. The second-order valence-corrected chi connectivity index (χ2v) is 6.16. The van der Waals surface area contributed by atoms with Gasteiger partial charge in [0.15, 0.2) is 0 Å². The molecule has 0 aliphatic carbocycles. The lowest BCUT2D eigenvalue weighted by Crippen LogP contribution is -2.05. The number of rotatable bonds is 6. The highest BCUT2D eigenvalue weighted by Crippen LogP contribution is 2.27. The van der Waals surface area contributed by atoms with Gasteiger partial charge in [-0.25, -0.2) is 0 Å². The van der Waals surface area contributed by atoms with Gasteiger partial charge in [0.05, 0.1) is 0 Å². The minimum atomic E-state index is 0.140. The number of thiocarbonyl (C=S) groups is 1. The van der Waals surface area contributed by atoms with Crippen LogP contribution >= 0.6 is 35.3 Å². The maximum Gasteiger partial charge on any atom is 0.220 e. The second kappa shape index (κ2) is 8.09. The van der Waals surface area contributed by atoms with Gasteiger partial charge >= 0.3 is 0 Å². The molecule has 1 heterocycles. The van der Waals surface area contributed by atoms with Gasteiger partial charge in [0.25, 0.3) is 0 Å². The van der Waals surface area contributed by atoms with E-state index in [0.717, 1.165) is 12.2 Å². The summed E-state index contributed by atoms with van der Waals surface area (Å²) < 4.78 is 6.48. The zero-order valence-electron chi connectivity index (χ0n) is 9.77. The van der Waals surface area contributed by atoms with E-state index in [4.69, 9.17) is 17.0 Å². The fourth-order valence-electron chi connectivity index (χ4n) is 1.27. The average molecular weight is 274 g/mol. The first-order valence-corrected chi connectivity index (χ1v) is 7.92. The van der Waals surface area contributed by atoms with E-state index >= 15 is 0 Å². The van der Waals surface area contributed by atoms with Crippen molar-refractivity contribution in [3.63, 3.8) is 0 Å². The Bertz CT molecular complexity index is 295. The minimum Gasteiger partial charge on any atom is -0.470 e. The number of hydrogen-bond acceptors (Lipinski definition) is 4. The van der Waals surface area contributed by atoms with Crippen molar-refractivity contribution in [1.82, 2.24) is 0 Å². The Morgan fingerprint density at radius 2 is 2.38 bits per heavy atom. The molecule has 0 bridgehead atoms.